The molecule has 1 amide bonds. The Labute approximate surface area is 190 Å². The fraction of sp³-hybridized carbons (Fsp3) is 0.222. The van der Waals surface area contributed by atoms with E-state index in [1.165, 1.54) is 6.07 Å². The number of nitrogens with zero attached hydrogens (tertiary/aromatic N) is 2. The van der Waals surface area contributed by atoms with Crippen LogP contribution in [0.1, 0.15) is 34.8 Å². The zero-order chi connectivity index (χ0) is 21.6. The Bertz CT molecular complexity index is 1120. The Morgan fingerprint density at radius 3 is 2.70 bits per heavy atom. The smallest absolute Gasteiger partial charge is 0.410 e. The molecule has 1 aromatic carbocycles. The fourth-order valence-electron chi connectivity index (χ4n) is 3.19. The van der Waals surface area contributed by atoms with Gasteiger partial charge in [-0.05, 0) is 62.2 Å². The summed E-state index contributed by atoms with van der Waals surface area (Å²) in [5.41, 5.74) is 0.206. The Hall–Kier alpha value is -1.98. The molecule has 0 unspecified atom stereocenters. The average Bonchev–Trinajstić information content (AvgIpc) is 3.24. The van der Waals surface area contributed by atoms with Crippen molar-refractivity contribution in [1.82, 2.24) is 9.78 Å². The van der Waals surface area contributed by atoms with Gasteiger partial charge in [-0.3, -0.25) is 4.79 Å². The van der Waals surface area contributed by atoms with Crippen LogP contribution in [-0.4, -0.2) is 21.9 Å². The summed E-state index contributed by atoms with van der Waals surface area (Å²) in [4.78, 5) is 12.7. The molecule has 2 N–H and O–H groups in total. The van der Waals surface area contributed by atoms with E-state index in [1.54, 1.807) is 30.3 Å². The lowest BCUT2D eigenvalue weighted by Crippen LogP contribution is -2.35. The van der Waals surface area contributed by atoms with E-state index in [0.29, 0.717) is 21.1 Å². The molecule has 30 heavy (non-hydrogen) atoms. The van der Waals surface area contributed by atoms with Gasteiger partial charge in [0.1, 0.15) is 11.6 Å². The summed E-state index contributed by atoms with van der Waals surface area (Å²) in [5.74, 6) is -0.302. The number of hydrogen-bond donors (Lipinski definition) is 2. The third-order valence-corrected chi connectivity index (χ3v) is 5.94. The van der Waals surface area contributed by atoms with Crippen LogP contribution < -0.4 is 10.6 Å². The van der Waals surface area contributed by atoms with Crippen molar-refractivity contribution >= 4 is 60.9 Å². The molecule has 0 saturated heterocycles. The number of carbonyl (C=O) groups is 1. The molecule has 1 aliphatic heterocycles. The first-order chi connectivity index (χ1) is 14.1. The predicted molar refractivity (Wildman–Crippen MR) is 112 cm³/mol. The van der Waals surface area contributed by atoms with Gasteiger partial charge in [-0.15, -0.1) is 0 Å². The SMILES string of the molecule is O=C(Nc1cccc(Cl)c1)c1nn2c(c1Br)N[C@@H](c1ccc(Br)o1)C[C@@H]2C(F)(F)F. The van der Waals surface area contributed by atoms with E-state index >= 15 is 0 Å². The van der Waals surface area contributed by atoms with Gasteiger partial charge in [0.15, 0.2) is 16.4 Å². The number of carbonyl (C=O) groups excluding carboxylic acids is 1. The average molecular weight is 569 g/mol. The van der Waals surface area contributed by atoms with Gasteiger partial charge in [0.25, 0.3) is 5.91 Å². The number of aromatic nitrogens is 2. The zero-order valence-corrected chi connectivity index (χ0v) is 18.7. The molecule has 0 bridgehead atoms. The second-order valence-electron chi connectivity index (χ2n) is 6.55. The van der Waals surface area contributed by atoms with E-state index in [-0.39, 0.29) is 22.4 Å². The van der Waals surface area contributed by atoms with Gasteiger partial charge in [0.05, 0.1) is 10.5 Å². The van der Waals surface area contributed by atoms with Crippen molar-refractivity contribution in [2.24, 2.45) is 0 Å². The molecule has 0 radical (unpaired) electrons. The maximum Gasteiger partial charge on any atom is 0.410 e. The Balaban J connectivity index is 1.70. The van der Waals surface area contributed by atoms with E-state index < -0.39 is 24.2 Å². The van der Waals surface area contributed by atoms with Crippen molar-refractivity contribution in [1.29, 1.82) is 0 Å². The molecule has 2 atom stereocenters. The van der Waals surface area contributed by atoms with Gasteiger partial charge < -0.3 is 15.1 Å². The van der Waals surface area contributed by atoms with Crippen LogP contribution in [-0.2, 0) is 0 Å². The normalized spacial score (nSPS) is 18.6. The maximum atomic E-state index is 13.8. The highest BCUT2D eigenvalue weighted by Crippen LogP contribution is 2.46. The highest BCUT2D eigenvalue weighted by Gasteiger charge is 2.48. The van der Waals surface area contributed by atoms with E-state index in [4.69, 9.17) is 16.0 Å². The highest BCUT2D eigenvalue weighted by molar-refractivity contribution is 9.10. The number of benzene rings is 1. The summed E-state index contributed by atoms with van der Waals surface area (Å²) < 4.78 is 48.1. The van der Waals surface area contributed by atoms with Crippen LogP contribution in [0.25, 0.3) is 0 Å². The predicted octanol–water partition coefficient (Wildman–Crippen LogP) is 6.57. The molecule has 0 saturated carbocycles. The molecular weight excluding hydrogens is 556 g/mol. The van der Waals surface area contributed by atoms with E-state index in [1.807, 2.05) is 0 Å². The zero-order valence-electron chi connectivity index (χ0n) is 14.8. The number of halogens is 6. The van der Waals surface area contributed by atoms with Crippen molar-refractivity contribution in [3.63, 3.8) is 0 Å². The Morgan fingerprint density at radius 2 is 2.07 bits per heavy atom. The van der Waals surface area contributed by atoms with Gasteiger partial charge in [0, 0.05) is 17.1 Å². The van der Waals surface area contributed by atoms with Crippen molar-refractivity contribution in [2.75, 3.05) is 10.6 Å². The Kier molecular flexibility index (Phi) is 5.62. The van der Waals surface area contributed by atoms with Crippen LogP contribution in [0.15, 0.2) is 50.0 Å². The van der Waals surface area contributed by atoms with Crippen LogP contribution in [0.3, 0.4) is 0 Å². The molecule has 3 aromatic rings. The molecule has 158 valence electrons. The van der Waals surface area contributed by atoms with Crippen LogP contribution >= 0.6 is 43.5 Å². The second kappa shape index (κ2) is 7.93. The molecule has 0 aliphatic carbocycles. The van der Waals surface area contributed by atoms with Gasteiger partial charge >= 0.3 is 6.18 Å². The van der Waals surface area contributed by atoms with E-state index in [2.05, 4.69) is 47.6 Å². The number of furan rings is 1. The minimum Gasteiger partial charge on any atom is -0.452 e. The van der Waals surface area contributed by atoms with Crippen molar-refractivity contribution in [3.8, 4) is 0 Å². The number of amides is 1. The standard InChI is InChI=1S/C18H12Br2ClF3N4O2/c19-13-5-4-11(30-13)10-7-12(18(22,23)24)28-16(26-10)14(20)15(27-28)17(29)25-9-3-1-2-8(21)6-9/h1-6,10,12,26H,7H2,(H,25,29)/t10-,12-/m1/s1. The number of rotatable bonds is 3. The van der Waals surface area contributed by atoms with Crippen molar-refractivity contribution < 1.29 is 22.4 Å². The van der Waals surface area contributed by atoms with Crippen LogP contribution in [0.5, 0.6) is 0 Å². The third kappa shape index (κ3) is 4.10. The first-order valence-electron chi connectivity index (χ1n) is 8.57. The second-order valence-corrected chi connectivity index (χ2v) is 8.56. The lowest BCUT2D eigenvalue weighted by Gasteiger charge is -2.32. The van der Waals surface area contributed by atoms with Crippen LogP contribution in [0, 0.1) is 0 Å². The summed E-state index contributed by atoms with van der Waals surface area (Å²) >= 11 is 12.3. The fourth-order valence-corrected chi connectivity index (χ4v) is 4.26. The molecule has 4 rings (SSSR count). The molecule has 12 heteroatoms. The topological polar surface area (TPSA) is 72.1 Å². The van der Waals surface area contributed by atoms with Gasteiger partial charge in [-0.2, -0.15) is 18.3 Å². The van der Waals surface area contributed by atoms with E-state index in [0.717, 1.165) is 4.68 Å². The van der Waals surface area contributed by atoms with Crippen molar-refractivity contribution in [2.45, 2.75) is 24.7 Å². The van der Waals surface area contributed by atoms with Gasteiger partial charge in [-0.25, -0.2) is 4.68 Å². The van der Waals surface area contributed by atoms with Crippen LogP contribution in [0.2, 0.25) is 5.02 Å². The number of nitrogens with one attached hydrogen (secondary N) is 2. The number of anilines is 2. The molecule has 0 spiro atoms. The maximum absolute atomic E-state index is 13.8. The summed E-state index contributed by atoms with van der Waals surface area (Å²) in [6, 6.07) is 6.89. The number of hydrogen-bond acceptors (Lipinski definition) is 4. The quantitative estimate of drug-likeness (QED) is 0.375. The number of fused-ring (bicyclic) bond motifs is 1. The molecule has 1 aliphatic rings. The van der Waals surface area contributed by atoms with Gasteiger partial charge in [0.2, 0.25) is 0 Å². The van der Waals surface area contributed by atoms with Gasteiger partial charge in [-0.1, -0.05) is 17.7 Å². The summed E-state index contributed by atoms with van der Waals surface area (Å²) in [6.07, 6.45) is -4.93. The van der Waals surface area contributed by atoms with Crippen molar-refractivity contribution in [3.05, 3.63) is 62.0 Å². The summed E-state index contributed by atoms with van der Waals surface area (Å²) in [6.45, 7) is 0. The summed E-state index contributed by atoms with van der Waals surface area (Å²) in [7, 11) is 0. The highest BCUT2D eigenvalue weighted by atomic mass is 79.9. The lowest BCUT2D eigenvalue weighted by atomic mass is 10.0. The third-order valence-electron chi connectivity index (χ3n) is 4.53. The molecule has 2 aromatic heterocycles. The molecule has 6 nitrogen and oxygen atoms in total. The minimum atomic E-state index is -4.58. The Morgan fingerprint density at radius 1 is 1.30 bits per heavy atom. The van der Waals surface area contributed by atoms with E-state index in [9.17, 15) is 18.0 Å². The van der Waals surface area contributed by atoms with Crippen LogP contribution in [0.4, 0.5) is 24.7 Å². The minimum absolute atomic E-state index is 0.0392. The summed E-state index contributed by atoms with van der Waals surface area (Å²) in [5, 5.41) is 9.93. The molecule has 0 fully saturated rings. The first kappa shape index (κ1) is 21.3. The number of alkyl halides is 3. The molecular formula is C18H12Br2ClF3N4O2. The lowest BCUT2D eigenvalue weighted by molar-refractivity contribution is -0.174. The first-order valence-corrected chi connectivity index (χ1v) is 10.5. The largest absolute Gasteiger partial charge is 0.452 e. The molecule has 3 heterocycles. The monoisotopic (exact) mass is 566 g/mol.